The topological polar surface area (TPSA) is 78.5 Å². The van der Waals surface area contributed by atoms with Gasteiger partial charge in [0.15, 0.2) is 0 Å². The minimum Gasteiger partial charge on any atom is -0.323 e. The number of carbonyl (C=O) groups is 3. The van der Waals surface area contributed by atoms with Gasteiger partial charge in [-0.2, -0.15) is 0 Å². The second-order valence-electron chi connectivity index (χ2n) is 6.78. The van der Waals surface area contributed by atoms with Crippen LogP contribution in [0.2, 0.25) is 5.02 Å². The Balaban J connectivity index is 2.06. The first kappa shape index (κ1) is 18.3. The largest absolute Gasteiger partial charge is 0.325 e. The second-order valence-corrected chi connectivity index (χ2v) is 7.19. The Morgan fingerprint density at radius 3 is 2.62 bits per heavy atom. The van der Waals surface area contributed by atoms with E-state index in [1.54, 1.807) is 19.1 Å². The lowest BCUT2D eigenvalue weighted by Gasteiger charge is -2.23. The van der Waals surface area contributed by atoms with Gasteiger partial charge in [-0.3, -0.25) is 14.5 Å². The first-order valence-corrected chi connectivity index (χ1v) is 8.20. The van der Waals surface area contributed by atoms with Crippen molar-refractivity contribution in [2.45, 2.75) is 39.7 Å². The van der Waals surface area contributed by atoms with Crippen LogP contribution in [0.15, 0.2) is 18.2 Å². The molecule has 2 N–H and O–H groups in total. The standard InChI is InChI=1S/C17H22ClN3O3/c1-10(2)8-17(4)15(23)21(16(24)20-17)9-14(22)19-13-6-5-11(3)7-12(13)18/h5-7,10H,8-9H2,1-4H3,(H,19,22)(H,20,24). The number of carbonyl (C=O) groups excluding carboxylic acids is 3. The highest BCUT2D eigenvalue weighted by molar-refractivity contribution is 6.33. The van der Waals surface area contributed by atoms with Crippen molar-refractivity contribution in [3.63, 3.8) is 0 Å². The summed E-state index contributed by atoms with van der Waals surface area (Å²) in [6.45, 7) is 7.17. The Hall–Kier alpha value is -2.08. The summed E-state index contributed by atoms with van der Waals surface area (Å²) in [5, 5.41) is 5.72. The minimum absolute atomic E-state index is 0.236. The van der Waals surface area contributed by atoms with Crippen LogP contribution in [-0.4, -0.2) is 34.8 Å². The van der Waals surface area contributed by atoms with Crippen molar-refractivity contribution in [1.29, 1.82) is 0 Å². The molecule has 0 spiro atoms. The van der Waals surface area contributed by atoms with Crippen molar-refractivity contribution >= 4 is 35.1 Å². The Morgan fingerprint density at radius 2 is 2.04 bits per heavy atom. The number of anilines is 1. The van der Waals surface area contributed by atoms with Gasteiger partial charge in [0.1, 0.15) is 12.1 Å². The summed E-state index contributed by atoms with van der Waals surface area (Å²) in [4.78, 5) is 37.7. The quantitative estimate of drug-likeness (QED) is 0.800. The highest BCUT2D eigenvalue weighted by Gasteiger charge is 2.48. The Morgan fingerprint density at radius 1 is 1.38 bits per heavy atom. The molecule has 4 amide bonds. The Bertz CT molecular complexity index is 690. The highest BCUT2D eigenvalue weighted by atomic mass is 35.5. The van der Waals surface area contributed by atoms with Crippen LogP contribution in [0.1, 0.15) is 32.8 Å². The number of aryl methyl sites for hydroxylation is 1. The maximum Gasteiger partial charge on any atom is 0.325 e. The number of hydrogen-bond donors (Lipinski definition) is 2. The highest BCUT2D eigenvalue weighted by Crippen LogP contribution is 2.26. The van der Waals surface area contributed by atoms with Crippen LogP contribution in [0.5, 0.6) is 0 Å². The van der Waals surface area contributed by atoms with Gasteiger partial charge in [-0.15, -0.1) is 0 Å². The van der Waals surface area contributed by atoms with Crippen molar-refractivity contribution in [2.24, 2.45) is 5.92 Å². The molecule has 0 aromatic heterocycles. The van der Waals surface area contributed by atoms with Gasteiger partial charge in [0.2, 0.25) is 5.91 Å². The molecule has 6 nitrogen and oxygen atoms in total. The molecular formula is C17H22ClN3O3. The maximum atomic E-state index is 12.5. The lowest BCUT2D eigenvalue weighted by Crippen LogP contribution is -2.45. The van der Waals surface area contributed by atoms with Crippen LogP contribution in [0.4, 0.5) is 10.5 Å². The van der Waals surface area contributed by atoms with Crippen molar-refractivity contribution in [1.82, 2.24) is 10.2 Å². The van der Waals surface area contributed by atoms with Gasteiger partial charge < -0.3 is 10.6 Å². The Kier molecular flexibility index (Phi) is 5.18. The van der Waals surface area contributed by atoms with E-state index in [2.05, 4.69) is 10.6 Å². The summed E-state index contributed by atoms with van der Waals surface area (Å²) >= 11 is 6.08. The van der Waals surface area contributed by atoms with E-state index in [0.29, 0.717) is 17.1 Å². The molecule has 0 bridgehead atoms. The van der Waals surface area contributed by atoms with Crippen molar-refractivity contribution in [3.8, 4) is 0 Å². The summed E-state index contributed by atoms with van der Waals surface area (Å²) in [5.74, 6) is -0.621. The average Bonchev–Trinajstić information content (AvgIpc) is 2.64. The van der Waals surface area contributed by atoms with E-state index in [0.717, 1.165) is 10.5 Å². The molecule has 2 rings (SSSR count). The summed E-state index contributed by atoms with van der Waals surface area (Å²) in [6.07, 6.45) is 0.513. The Labute approximate surface area is 146 Å². The fourth-order valence-electron chi connectivity index (χ4n) is 2.90. The summed E-state index contributed by atoms with van der Waals surface area (Å²) in [7, 11) is 0. The zero-order valence-corrected chi connectivity index (χ0v) is 15.0. The molecule has 0 radical (unpaired) electrons. The molecule has 130 valence electrons. The van der Waals surface area contributed by atoms with Crippen LogP contribution >= 0.6 is 11.6 Å². The number of imide groups is 1. The van der Waals surface area contributed by atoms with Gasteiger partial charge >= 0.3 is 6.03 Å². The lowest BCUT2D eigenvalue weighted by molar-refractivity contribution is -0.133. The molecule has 1 fully saturated rings. The van der Waals surface area contributed by atoms with Gasteiger partial charge in [0.25, 0.3) is 5.91 Å². The van der Waals surface area contributed by atoms with Crippen molar-refractivity contribution in [3.05, 3.63) is 28.8 Å². The second kappa shape index (κ2) is 6.81. The molecule has 0 aliphatic carbocycles. The zero-order valence-electron chi connectivity index (χ0n) is 14.3. The monoisotopic (exact) mass is 351 g/mol. The SMILES string of the molecule is Cc1ccc(NC(=O)CN2C(=O)NC(C)(CC(C)C)C2=O)c(Cl)c1. The van der Waals surface area contributed by atoms with E-state index in [9.17, 15) is 14.4 Å². The molecule has 7 heteroatoms. The normalized spacial score (nSPS) is 20.5. The van der Waals surface area contributed by atoms with E-state index >= 15 is 0 Å². The molecule has 24 heavy (non-hydrogen) atoms. The molecule has 1 heterocycles. The third kappa shape index (κ3) is 3.87. The van der Waals surface area contributed by atoms with Gasteiger partial charge in [-0.05, 0) is 43.9 Å². The molecule has 1 aliphatic rings. The summed E-state index contributed by atoms with van der Waals surface area (Å²) in [6, 6.07) is 4.68. The van der Waals surface area contributed by atoms with Gasteiger partial charge in [0, 0.05) is 0 Å². The number of nitrogens with one attached hydrogen (secondary N) is 2. The van der Waals surface area contributed by atoms with E-state index in [4.69, 9.17) is 11.6 Å². The molecule has 1 atom stereocenters. The van der Waals surface area contributed by atoms with E-state index in [-0.39, 0.29) is 18.4 Å². The minimum atomic E-state index is -0.965. The van der Waals surface area contributed by atoms with Crippen LogP contribution in [0.3, 0.4) is 0 Å². The number of urea groups is 1. The van der Waals surface area contributed by atoms with Crippen LogP contribution in [0, 0.1) is 12.8 Å². The maximum absolute atomic E-state index is 12.5. The predicted octanol–water partition coefficient (Wildman–Crippen LogP) is 2.94. The van der Waals surface area contributed by atoms with E-state index < -0.39 is 17.5 Å². The zero-order chi connectivity index (χ0) is 18.1. The number of hydrogen-bond acceptors (Lipinski definition) is 3. The summed E-state index contributed by atoms with van der Waals surface area (Å²) < 4.78 is 0. The molecular weight excluding hydrogens is 330 g/mol. The first-order valence-electron chi connectivity index (χ1n) is 7.82. The van der Waals surface area contributed by atoms with E-state index in [1.807, 2.05) is 26.8 Å². The van der Waals surface area contributed by atoms with Crippen LogP contribution in [0.25, 0.3) is 0 Å². The molecule has 1 unspecified atom stereocenters. The number of halogens is 1. The number of nitrogens with zero attached hydrogens (tertiary/aromatic N) is 1. The smallest absolute Gasteiger partial charge is 0.323 e. The van der Waals surface area contributed by atoms with E-state index in [1.165, 1.54) is 0 Å². The van der Waals surface area contributed by atoms with Crippen LogP contribution < -0.4 is 10.6 Å². The molecule has 1 aromatic carbocycles. The predicted molar refractivity (Wildman–Crippen MR) is 92.9 cm³/mol. The fourth-order valence-corrected chi connectivity index (χ4v) is 3.18. The summed E-state index contributed by atoms with van der Waals surface area (Å²) in [5.41, 5.74) is 0.452. The lowest BCUT2D eigenvalue weighted by atomic mass is 9.91. The number of rotatable bonds is 5. The molecule has 1 aromatic rings. The van der Waals surface area contributed by atoms with Crippen molar-refractivity contribution in [2.75, 3.05) is 11.9 Å². The first-order chi connectivity index (χ1) is 11.1. The van der Waals surface area contributed by atoms with Gasteiger partial charge in [-0.1, -0.05) is 31.5 Å². The molecule has 0 saturated carbocycles. The molecule has 1 aliphatic heterocycles. The fraction of sp³-hybridized carbons (Fsp3) is 0.471. The van der Waals surface area contributed by atoms with Crippen molar-refractivity contribution < 1.29 is 14.4 Å². The third-order valence-corrected chi connectivity index (χ3v) is 4.17. The molecule has 1 saturated heterocycles. The number of amides is 4. The van der Waals surface area contributed by atoms with Crippen LogP contribution in [-0.2, 0) is 9.59 Å². The van der Waals surface area contributed by atoms with Gasteiger partial charge in [-0.25, -0.2) is 4.79 Å². The van der Waals surface area contributed by atoms with Gasteiger partial charge in [0.05, 0.1) is 10.7 Å². The number of benzene rings is 1. The third-order valence-electron chi connectivity index (χ3n) is 3.86. The average molecular weight is 352 g/mol.